The minimum atomic E-state index is -0.301. The van der Waals surface area contributed by atoms with Gasteiger partial charge in [-0.15, -0.1) is 0 Å². The maximum atomic E-state index is 10.8. The Morgan fingerprint density at radius 3 is 1.03 bits per heavy atom. The average Bonchev–Trinajstić information content (AvgIpc) is 2.93. The standard InChI is InChI=1S/C19H36O2.C16H34O/c1-3-5-6-7-8-9-10-11-12-13-14-15-16-17-18-21-19(20)4-2;1-2-3-4-5-6-7-8-9-10-11-12-13-14-15-16-17/h4H,2-3,5-18H2,1H3;17H,2-16H2,1H3. The largest absolute Gasteiger partial charge is 0.463 e. The molecule has 0 aromatic carbocycles. The van der Waals surface area contributed by atoms with Gasteiger partial charge in [0.25, 0.3) is 0 Å². The molecular formula is C35H70O3. The molecule has 0 amide bonds. The molecule has 0 atom stereocenters. The molecule has 0 aromatic heterocycles. The first-order valence-electron chi connectivity index (χ1n) is 17.1. The van der Waals surface area contributed by atoms with Gasteiger partial charge in [-0.3, -0.25) is 0 Å². The van der Waals surface area contributed by atoms with E-state index in [4.69, 9.17) is 9.84 Å². The fourth-order valence-corrected chi connectivity index (χ4v) is 4.83. The molecule has 38 heavy (non-hydrogen) atoms. The van der Waals surface area contributed by atoms with Crippen LogP contribution in [0.1, 0.15) is 194 Å². The van der Waals surface area contributed by atoms with Crippen molar-refractivity contribution in [1.82, 2.24) is 0 Å². The molecule has 1 N–H and O–H groups in total. The molecule has 228 valence electrons. The van der Waals surface area contributed by atoms with Crippen LogP contribution in [0.25, 0.3) is 0 Å². The lowest BCUT2D eigenvalue weighted by atomic mass is 10.0. The summed E-state index contributed by atoms with van der Waals surface area (Å²) in [6.07, 6.45) is 39.2. The Kier molecular flexibility index (Phi) is 39.6. The van der Waals surface area contributed by atoms with Crippen LogP contribution >= 0.6 is 0 Å². The molecular weight excluding hydrogens is 468 g/mol. The Morgan fingerprint density at radius 2 is 0.763 bits per heavy atom. The topological polar surface area (TPSA) is 46.5 Å². The second kappa shape index (κ2) is 38.3. The SMILES string of the molecule is C=CC(=O)OCCCCCCCCCCCCCCCC.CCCCCCCCCCCCCCCCO. The zero-order chi connectivity index (χ0) is 28.2. The van der Waals surface area contributed by atoms with E-state index in [-0.39, 0.29) is 5.97 Å². The molecule has 0 spiro atoms. The highest BCUT2D eigenvalue weighted by Crippen LogP contribution is 2.14. The van der Waals surface area contributed by atoms with Crippen molar-refractivity contribution in [3.63, 3.8) is 0 Å². The van der Waals surface area contributed by atoms with Crippen molar-refractivity contribution in [1.29, 1.82) is 0 Å². The summed E-state index contributed by atoms with van der Waals surface area (Å²) in [4.78, 5) is 10.8. The van der Waals surface area contributed by atoms with Crippen LogP contribution in [0.5, 0.6) is 0 Å². The van der Waals surface area contributed by atoms with Crippen molar-refractivity contribution >= 4 is 5.97 Å². The molecule has 0 aliphatic rings. The van der Waals surface area contributed by atoms with Gasteiger partial charge in [0.1, 0.15) is 0 Å². The first kappa shape index (κ1) is 39.3. The van der Waals surface area contributed by atoms with Crippen LogP contribution in [0.3, 0.4) is 0 Å². The number of hydrogen-bond acceptors (Lipinski definition) is 3. The van der Waals surface area contributed by atoms with Gasteiger partial charge < -0.3 is 9.84 Å². The fourth-order valence-electron chi connectivity index (χ4n) is 4.83. The zero-order valence-corrected chi connectivity index (χ0v) is 26.3. The van der Waals surface area contributed by atoms with Gasteiger partial charge in [-0.1, -0.05) is 187 Å². The molecule has 0 fully saturated rings. The van der Waals surface area contributed by atoms with Crippen LogP contribution in [-0.4, -0.2) is 24.3 Å². The van der Waals surface area contributed by atoms with Gasteiger partial charge >= 0.3 is 5.97 Å². The highest BCUT2D eigenvalue weighted by atomic mass is 16.5. The average molecular weight is 539 g/mol. The first-order chi connectivity index (χ1) is 18.7. The number of unbranched alkanes of at least 4 members (excludes halogenated alkanes) is 26. The number of aliphatic hydroxyl groups excluding tert-OH is 1. The maximum Gasteiger partial charge on any atom is 0.330 e. The highest BCUT2D eigenvalue weighted by Gasteiger charge is 1.97. The van der Waals surface area contributed by atoms with E-state index in [2.05, 4.69) is 20.4 Å². The highest BCUT2D eigenvalue weighted by molar-refractivity contribution is 5.81. The number of aliphatic hydroxyl groups is 1. The second-order valence-electron chi connectivity index (χ2n) is 11.3. The smallest absolute Gasteiger partial charge is 0.330 e. The Hall–Kier alpha value is -0.830. The molecule has 0 bridgehead atoms. The van der Waals surface area contributed by atoms with Crippen LogP contribution in [0, 0.1) is 0 Å². The number of hydrogen-bond donors (Lipinski definition) is 1. The molecule has 0 unspecified atom stereocenters. The predicted octanol–water partition coefficient (Wildman–Crippen LogP) is 11.7. The lowest BCUT2D eigenvalue weighted by molar-refractivity contribution is -0.137. The lowest BCUT2D eigenvalue weighted by Crippen LogP contribution is -2.01. The van der Waals surface area contributed by atoms with E-state index in [9.17, 15) is 4.79 Å². The molecule has 0 radical (unpaired) electrons. The molecule has 0 saturated carbocycles. The van der Waals surface area contributed by atoms with Crippen molar-refractivity contribution in [2.24, 2.45) is 0 Å². The summed E-state index contributed by atoms with van der Waals surface area (Å²) in [6, 6.07) is 0. The fraction of sp³-hybridized carbons (Fsp3) is 0.914. The van der Waals surface area contributed by atoms with Crippen molar-refractivity contribution in [2.45, 2.75) is 194 Å². The van der Waals surface area contributed by atoms with Gasteiger partial charge in [-0.05, 0) is 12.8 Å². The summed E-state index contributed by atoms with van der Waals surface area (Å²) in [5.41, 5.74) is 0. The lowest BCUT2D eigenvalue weighted by Gasteiger charge is -2.03. The maximum absolute atomic E-state index is 10.8. The van der Waals surface area contributed by atoms with Crippen LogP contribution in [-0.2, 0) is 9.53 Å². The van der Waals surface area contributed by atoms with Gasteiger partial charge in [0, 0.05) is 12.7 Å². The summed E-state index contributed by atoms with van der Waals surface area (Å²) in [5, 5.41) is 8.64. The number of carbonyl (C=O) groups is 1. The Balaban J connectivity index is 0. The molecule has 0 saturated heterocycles. The second-order valence-corrected chi connectivity index (χ2v) is 11.3. The monoisotopic (exact) mass is 539 g/mol. The summed E-state index contributed by atoms with van der Waals surface area (Å²) >= 11 is 0. The minimum Gasteiger partial charge on any atom is -0.463 e. The zero-order valence-electron chi connectivity index (χ0n) is 26.3. The Bertz CT molecular complexity index is 421. The van der Waals surface area contributed by atoms with Crippen LogP contribution < -0.4 is 0 Å². The van der Waals surface area contributed by atoms with Gasteiger partial charge in [0.2, 0.25) is 0 Å². The molecule has 0 rings (SSSR count). The van der Waals surface area contributed by atoms with Gasteiger partial charge in [-0.2, -0.15) is 0 Å². The Morgan fingerprint density at radius 1 is 0.500 bits per heavy atom. The minimum absolute atomic E-state index is 0.301. The predicted molar refractivity (Wildman–Crippen MR) is 169 cm³/mol. The van der Waals surface area contributed by atoms with Crippen molar-refractivity contribution < 1.29 is 14.6 Å². The quantitative estimate of drug-likeness (QED) is 0.0562. The number of esters is 1. The van der Waals surface area contributed by atoms with E-state index in [0.29, 0.717) is 13.2 Å². The Labute approximate surface area is 240 Å². The summed E-state index contributed by atoms with van der Waals surface area (Å²) in [7, 11) is 0. The van der Waals surface area contributed by atoms with E-state index >= 15 is 0 Å². The summed E-state index contributed by atoms with van der Waals surface area (Å²) < 4.78 is 4.94. The van der Waals surface area contributed by atoms with Crippen molar-refractivity contribution in [3.05, 3.63) is 12.7 Å². The number of carbonyl (C=O) groups excluding carboxylic acids is 1. The van der Waals surface area contributed by atoms with E-state index in [1.807, 2.05) is 0 Å². The van der Waals surface area contributed by atoms with Gasteiger partial charge in [0.05, 0.1) is 6.61 Å². The number of rotatable bonds is 30. The van der Waals surface area contributed by atoms with Crippen molar-refractivity contribution in [2.75, 3.05) is 13.2 Å². The molecule has 0 aliphatic carbocycles. The van der Waals surface area contributed by atoms with E-state index in [1.54, 1.807) is 0 Å². The molecule has 0 heterocycles. The third-order valence-electron chi connectivity index (χ3n) is 7.42. The van der Waals surface area contributed by atoms with E-state index < -0.39 is 0 Å². The van der Waals surface area contributed by atoms with Gasteiger partial charge in [-0.25, -0.2) is 4.79 Å². The van der Waals surface area contributed by atoms with Gasteiger partial charge in [0.15, 0.2) is 0 Å². The normalized spacial score (nSPS) is 10.7. The molecule has 3 heteroatoms. The third-order valence-corrected chi connectivity index (χ3v) is 7.42. The first-order valence-corrected chi connectivity index (χ1v) is 17.1. The molecule has 0 aliphatic heterocycles. The molecule has 3 nitrogen and oxygen atoms in total. The van der Waals surface area contributed by atoms with E-state index in [1.165, 1.54) is 173 Å². The van der Waals surface area contributed by atoms with Crippen LogP contribution in [0.2, 0.25) is 0 Å². The molecule has 0 aromatic rings. The third kappa shape index (κ3) is 39.7. The van der Waals surface area contributed by atoms with Crippen LogP contribution in [0.4, 0.5) is 0 Å². The van der Waals surface area contributed by atoms with Crippen LogP contribution in [0.15, 0.2) is 12.7 Å². The summed E-state index contributed by atoms with van der Waals surface area (Å²) in [5.74, 6) is -0.301. The summed E-state index contributed by atoms with van der Waals surface area (Å²) in [6.45, 7) is 8.84. The van der Waals surface area contributed by atoms with Crippen molar-refractivity contribution in [3.8, 4) is 0 Å². The number of ether oxygens (including phenoxy) is 1. The van der Waals surface area contributed by atoms with E-state index in [0.717, 1.165) is 12.8 Å².